The van der Waals surface area contributed by atoms with E-state index in [-0.39, 0.29) is 0 Å². The van der Waals surface area contributed by atoms with Crippen LogP contribution in [0.25, 0.3) is 0 Å². The van der Waals surface area contributed by atoms with Gasteiger partial charge in [-0.15, -0.1) is 0 Å². The SMILES string of the molecule is Cc1c(N)ccc(N)c1Cc1ccco1. The normalized spacial score (nSPS) is 10.5. The molecule has 0 spiro atoms. The first kappa shape index (κ1) is 9.65. The summed E-state index contributed by atoms with van der Waals surface area (Å²) in [5.41, 5.74) is 15.4. The topological polar surface area (TPSA) is 65.2 Å². The third kappa shape index (κ3) is 1.81. The van der Waals surface area contributed by atoms with Gasteiger partial charge in [0.25, 0.3) is 0 Å². The average molecular weight is 202 g/mol. The van der Waals surface area contributed by atoms with Gasteiger partial charge < -0.3 is 15.9 Å². The zero-order valence-electron chi connectivity index (χ0n) is 8.66. The predicted molar refractivity (Wildman–Crippen MR) is 61.5 cm³/mol. The highest BCUT2D eigenvalue weighted by Crippen LogP contribution is 2.25. The van der Waals surface area contributed by atoms with Crippen molar-refractivity contribution in [3.05, 3.63) is 47.4 Å². The molecular weight excluding hydrogens is 188 g/mol. The second-order valence-electron chi connectivity index (χ2n) is 3.60. The lowest BCUT2D eigenvalue weighted by atomic mass is 10.0. The molecule has 3 nitrogen and oxygen atoms in total. The van der Waals surface area contributed by atoms with Crippen molar-refractivity contribution in [1.29, 1.82) is 0 Å². The summed E-state index contributed by atoms with van der Waals surface area (Å²) in [6.45, 7) is 1.98. The molecule has 1 aromatic carbocycles. The highest BCUT2D eigenvalue weighted by Gasteiger charge is 2.08. The fourth-order valence-corrected chi connectivity index (χ4v) is 1.62. The number of furan rings is 1. The smallest absolute Gasteiger partial charge is 0.108 e. The van der Waals surface area contributed by atoms with Gasteiger partial charge in [-0.2, -0.15) is 0 Å². The van der Waals surface area contributed by atoms with Gasteiger partial charge in [0, 0.05) is 17.8 Å². The van der Waals surface area contributed by atoms with Crippen LogP contribution in [0.3, 0.4) is 0 Å². The van der Waals surface area contributed by atoms with E-state index in [0.29, 0.717) is 6.42 Å². The largest absolute Gasteiger partial charge is 0.469 e. The molecule has 0 saturated heterocycles. The van der Waals surface area contributed by atoms with Crippen molar-refractivity contribution in [2.45, 2.75) is 13.3 Å². The van der Waals surface area contributed by atoms with E-state index in [9.17, 15) is 0 Å². The van der Waals surface area contributed by atoms with Gasteiger partial charge in [-0.1, -0.05) is 0 Å². The second-order valence-corrected chi connectivity index (χ2v) is 3.60. The van der Waals surface area contributed by atoms with E-state index in [0.717, 1.165) is 28.3 Å². The molecule has 0 radical (unpaired) electrons. The van der Waals surface area contributed by atoms with Gasteiger partial charge in [-0.25, -0.2) is 0 Å². The van der Waals surface area contributed by atoms with Crippen molar-refractivity contribution in [3.63, 3.8) is 0 Å². The molecule has 78 valence electrons. The molecule has 1 aromatic heterocycles. The van der Waals surface area contributed by atoms with Crippen LogP contribution in [-0.4, -0.2) is 0 Å². The van der Waals surface area contributed by atoms with Gasteiger partial charge in [0.15, 0.2) is 0 Å². The van der Waals surface area contributed by atoms with E-state index >= 15 is 0 Å². The maximum Gasteiger partial charge on any atom is 0.108 e. The molecule has 0 amide bonds. The molecule has 0 fully saturated rings. The van der Waals surface area contributed by atoms with Crippen LogP contribution >= 0.6 is 0 Å². The molecule has 2 aromatic rings. The standard InChI is InChI=1S/C12H14N2O/c1-8-10(7-9-3-2-6-15-9)12(14)5-4-11(8)13/h2-6H,7,13-14H2,1H3. The minimum Gasteiger partial charge on any atom is -0.469 e. The Morgan fingerprint density at radius 1 is 1.13 bits per heavy atom. The molecule has 1 heterocycles. The number of benzene rings is 1. The average Bonchev–Trinajstić information content (AvgIpc) is 2.71. The van der Waals surface area contributed by atoms with E-state index in [2.05, 4.69) is 0 Å². The molecule has 0 aliphatic heterocycles. The number of anilines is 2. The van der Waals surface area contributed by atoms with Gasteiger partial charge in [0.05, 0.1) is 6.26 Å². The van der Waals surface area contributed by atoms with Crippen LogP contribution in [-0.2, 0) is 6.42 Å². The number of nitrogen functional groups attached to an aromatic ring is 2. The van der Waals surface area contributed by atoms with Crippen LogP contribution in [0.5, 0.6) is 0 Å². The molecular formula is C12H14N2O. The van der Waals surface area contributed by atoms with Crippen molar-refractivity contribution < 1.29 is 4.42 Å². The van der Waals surface area contributed by atoms with Gasteiger partial charge in [-0.3, -0.25) is 0 Å². The first-order valence-electron chi connectivity index (χ1n) is 4.84. The zero-order chi connectivity index (χ0) is 10.8. The number of hydrogen-bond donors (Lipinski definition) is 2. The molecule has 4 N–H and O–H groups in total. The first-order valence-corrected chi connectivity index (χ1v) is 4.84. The third-order valence-corrected chi connectivity index (χ3v) is 2.61. The van der Waals surface area contributed by atoms with Crippen molar-refractivity contribution in [2.24, 2.45) is 0 Å². The molecule has 0 aliphatic carbocycles. The maximum absolute atomic E-state index is 5.91. The van der Waals surface area contributed by atoms with E-state index in [1.807, 2.05) is 31.2 Å². The van der Waals surface area contributed by atoms with Crippen LogP contribution < -0.4 is 11.5 Å². The fraction of sp³-hybridized carbons (Fsp3) is 0.167. The van der Waals surface area contributed by atoms with Gasteiger partial charge >= 0.3 is 0 Å². The van der Waals surface area contributed by atoms with Crippen LogP contribution in [0.1, 0.15) is 16.9 Å². The summed E-state index contributed by atoms with van der Waals surface area (Å²) in [4.78, 5) is 0. The van der Waals surface area contributed by atoms with Crippen LogP contribution in [0.4, 0.5) is 11.4 Å². The lowest BCUT2D eigenvalue weighted by Gasteiger charge is -2.10. The van der Waals surface area contributed by atoms with Gasteiger partial charge in [-0.05, 0) is 42.3 Å². The van der Waals surface area contributed by atoms with Crippen molar-refractivity contribution >= 4 is 11.4 Å². The number of nitrogens with two attached hydrogens (primary N) is 2. The Morgan fingerprint density at radius 2 is 1.87 bits per heavy atom. The van der Waals surface area contributed by atoms with Crippen molar-refractivity contribution in [3.8, 4) is 0 Å². The van der Waals surface area contributed by atoms with E-state index in [1.165, 1.54) is 0 Å². The van der Waals surface area contributed by atoms with E-state index < -0.39 is 0 Å². The Morgan fingerprint density at radius 3 is 2.53 bits per heavy atom. The van der Waals surface area contributed by atoms with Crippen LogP contribution in [0.15, 0.2) is 34.9 Å². The molecule has 15 heavy (non-hydrogen) atoms. The number of rotatable bonds is 2. The highest BCUT2D eigenvalue weighted by molar-refractivity contribution is 5.62. The van der Waals surface area contributed by atoms with Gasteiger partial charge in [0.1, 0.15) is 5.76 Å². The minimum absolute atomic E-state index is 0.690. The first-order chi connectivity index (χ1) is 7.18. The summed E-state index contributed by atoms with van der Waals surface area (Å²) >= 11 is 0. The molecule has 0 unspecified atom stereocenters. The quantitative estimate of drug-likeness (QED) is 0.734. The number of hydrogen-bond acceptors (Lipinski definition) is 3. The Kier molecular flexibility index (Phi) is 2.37. The zero-order valence-corrected chi connectivity index (χ0v) is 8.66. The molecule has 3 heteroatoms. The summed E-state index contributed by atoms with van der Waals surface area (Å²) < 4.78 is 5.29. The molecule has 0 atom stereocenters. The molecule has 0 saturated carbocycles. The summed E-state index contributed by atoms with van der Waals surface area (Å²) in [6.07, 6.45) is 2.35. The minimum atomic E-state index is 0.690. The summed E-state index contributed by atoms with van der Waals surface area (Å²) in [5, 5.41) is 0. The lowest BCUT2D eigenvalue weighted by Crippen LogP contribution is -2.01. The van der Waals surface area contributed by atoms with Crippen molar-refractivity contribution in [2.75, 3.05) is 11.5 Å². The Balaban J connectivity index is 2.39. The Labute approximate surface area is 88.7 Å². The second kappa shape index (κ2) is 3.69. The van der Waals surface area contributed by atoms with Crippen molar-refractivity contribution in [1.82, 2.24) is 0 Å². The maximum atomic E-state index is 5.91. The molecule has 0 bridgehead atoms. The van der Waals surface area contributed by atoms with Crippen LogP contribution in [0, 0.1) is 6.92 Å². The monoisotopic (exact) mass is 202 g/mol. The Hall–Kier alpha value is -1.90. The van der Waals surface area contributed by atoms with Crippen LogP contribution in [0.2, 0.25) is 0 Å². The molecule has 2 rings (SSSR count). The predicted octanol–water partition coefficient (Wildman–Crippen LogP) is 2.34. The fourth-order valence-electron chi connectivity index (χ4n) is 1.62. The van der Waals surface area contributed by atoms with Gasteiger partial charge in [0.2, 0.25) is 0 Å². The van der Waals surface area contributed by atoms with E-state index in [4.69, 9.17) is 15.9 Å². The third-order valence-electron chi connectivity index (χ3n) is 2.61. The van der Waals surface area contributed by atoms with E-state index in [1.54, 1.807) is 6.26 Å². The Bertz CT molecular complexity index is 461. The summed E-state index contributed by atoms with van der Waals surface area (Å²) in [6, 6.07) is 7.46. The molecule has 0 aliphatic rings. The lowest BCUT2D eigenvalue weighted by molar-refractivity contribution is 0.521. The summed E-state index contributed by atoms with van der Waals surface area (Å²) in [5.74, 6) is 0.899. The highest BCUT2D eigenvalue weighted by atomic mass is 16.3. The summed E-state index contributed by atoms with van der Waals surface area (Å²) in [7, 11) is 0.